The lowest BCUT2D eigenvalue weighted by Gasteiger charge is -2.14. The van der Waals surface area contributed by atoms with Crippen molar-refractivity contribution < 1.29 is 24.1 Å². The maximum Gasteiger partial charge on any atom is 0.347 e. The molecule has 1 N–H and O–H groups in total. The molecule has 0 radical (unpaired) electrons. The standard InChI is InChI=1S/C12H14O5/c1-15-11-6-8(7-13)2-3-9(11)17-10-4-5-16-12(10)14/h2-3,6,10,13H,4-5,7H2,1H3. The SMILES string of the molecule is COc1cc(CO)ccc1OC1CCOC1=O. The topological polar surface area (TPSA) is 65.0 Å². The van der Waals surface area contributed by atoms with Gasteiger partial charge in [0.1, 0.15) is 0 Å². The van der Waals surface area contributed by atoms with E-state index in [-0.39, 0.29) is 12.6 Å². The smallest absolute Gasteiger partial charge is 0.347 e. The van der Waals surface area contributed by atoms with Crippen LogP contribution in [0.1, 0.15) is 12.0 Å². The zero-order valence-corrected chi connectivity index (χ0v) is 9.51. The van der Waals surface area contributed by atoms with Crippen LogP contribution in [-0.4, -0.2) is 30.9 Å². The molecule has 1 aromatic rings. The van der Waals surface area contributed by atoms with Crippen LogP contribution >= 0.6 is 0 Å². The van der Waals surface area contributed by atoms with E-state index in [1.807, 2.05) is 0 Å². The van der Waals surface area contributed by atoms with Crippen LogP contribution < -0.4 is 9.47 Å². The molecule has 5 nitrogen and oxygen atoms in total. The average molecular weight is 238 g/mol. The van der Waals surface area contributed by atoms with E-state index < -0.39 is 6.10 Å². The van der Waals surface area contributed by atoms with Crippen LogP contribution in [0.3, 0.4) is 0 Å². The lowest BCUT2D eigenvalue weighted by atomic mass is 10.2. The minimum atomic E-state index is -0.566. The van der Waals surface area contributed by atoms with Crippen LogP contribution in [0.15, 0.2) is 18.2 Å². The zero-order valence-electron chi connectivity index (χ0n) is 9.51. The lowest BCUT2D eigenvalue weighted by Crippen LogP contribution is -2.21. The van der Waals surface area contributed by atoms with Crippen molar-refractivity contribution in [3.8, 4) is 11.5 Å². The van der Waals surface area contributed by atoms with Gasteiger partial charge in [0.25, 0.3) is 0 Å². The summed E-state index contributed by atoms with van der Waals surface area (Å²) in [6.45, 7) is 0.322. The quantitative estimate of drug-likeness (QED) is 0.789. The number of methoxy groups -OCH3 is 1. The van der Waals surface area contributed by atoms with Gasteiger partial charge in [0.2, 0.25) is 0 Å². The first-order chi connectivity index (χ1) is 8.24. The minimum Gasteiger partial charge on any atom is -0.493 e. The Hall–Kier alpha value is -1.75. The highest BCUT2D eigenvalue weighted by molar-refractivity contribution is 5.77. The lowest BCUT2D eigenvalue weighted by molar-refractivity contribution is -0.143. The molecular formula is C12H14O5. The Bertz CT molecular complexity index is 415. The molecule has 0 bridgehead atoms. The molecule has 1 aromatic carbocycles. The van der Waals surface area contributed by atoms with Crippen LogP contribution in [0.2, 0.25) is 0 Å². The third-order valence-corrected chi connectivity index (χ3v) is 2.57. The van der Waals surface area contributed by atoms with Crippen molar-refractivity contribution in [3.05, 3.63) is 23.8 Å². The summed E-state index contributed by atoms with van der Waals surface area (Å²) < 4.78 is 15.5. The van der Waals surface area contributed by atoms with E-state index in [0.717, 1.165) is 5.56 Å². The van der Waals surface area contributed by atoms with Gasteiger partial charge in [-0.3, -0.25) is 0 Å². The number of rotatable bonds is 4. The van der Waals surface area contributed by atoms with Crippen molar-refractivity contribution in [1.82, 2.24) is 0 Å². The maximum atomic E-state index is 11.3. The highest BCUT2D eigenvalue weighted by Crippen LogP contribution is 2.30. The second-order valence-corrected chi connectivity index (χ2v) is 3.71. The highest BCUT2D eigenvalue weighted by atomic mass is 16.6. The summed E-state index contributed by atoms with van der Waals surface area (Å²) in [6, 6.07) is 5.07. The van der Waals surface area contributed by atoms with Gasteiger partial charge in [-0.05, 0) is 17.7 Å². The van der Waals surface area contributed by atoms with Crippen molar-refractivity contribution in [2.24, 2.45) is 0 Å². The summed E-state index contributed by atoms with van der Waals surface area (Å²) >= 11 is 0. The molecule has 0 aliphatic carbocycles. The predicted octanol–water partition coefficient (Wildman–Crippen LogP) is 0.882. The van der Waals surface area contributed by atoms with E-state index in [0.29, 0.717) is 24.5 Å². The predicted molar refractivity (Wildman–Crippen MR) is 58.9 cm³/mol. The van der Waals surface area contributed by atoms with Crippen molar-refractivity contribution in [2.45, 2.75) is 19.1 Å². The number of cyclic esters (lactones) is 1. The number of benzene rings is 1. The normalized spacial score (nSPS) is 18.9. The molecule has 2 rings (SSSR count). The first-order valence-electron chi connectivity index (χ1n) is 5.35. The maximum absolute atomic E-state index is 11.3. The van der Waals surface area contributed by atoms with Gasteiger partial charge in [0.05, 0.1) is 20.3 Å². The molecule has 0 amide bonds. The average Bonchev–Trinajstić information content (AvgIpc) is 2.75. The Balaban J connectivity index is 2.17. The molecule has 1 fully saturated rings. The van der Waals surface area contributed by atoms with Crippen molar-refractivity contribution in [1.29, 1.82) is 0 Å². The van der Waals surface area contributed by atoms with Crippen LogP contribution in [0.4, 0.5) is 0 Å². The largest absolute Gasteiger partial charge is 0.493 e. The Morgan fingerprint density at radius 2 is 2.29 bits per heavy atom. The monoisotopic (exact) mass is 238 g/mol. The van der Waals surface area contributed by atoms with Crippen LogP contribution in [0.25, 0.3) is 0 Å². The molecule has 1 atom stereocenters. The fourth-order valence-corrected chi connectivity index (χ4v) is 1.65. The van der Waals surface area contributed by atoms with Crippen LogP contribution in [0.5, 0.6) is 11.5 Å². The molecule has 17 heavy (non-hydrogen) atoms. The molecule has 1 saturated heterocycles. The molecule has 1 unspecified atom stereocenters. The summed E-state index contributed by atoms with van der Waals surface area (Å²) in [5.74, 6) is 0.628. The molecular weight excluding hydrogens is 224 g/mol. The number of aliphatic hydroxyl groups is 1. The second-order valence-electron chi connectivity index (χ2n) is 3.71. The first kappa shape index (κ1) is 11.7. The minimum absolute atomic E-state index is 0.0674. The van der Waals surface area contributed by atoms with Crippen LogP contribution in [-0.2, 0) is 16.1 Å². The van der Waals surface area contributed by atoms with E-state index in [1.54, 1.807) is 18.2 Å². The third kappa shape index (κ3) is 2.50. The van der Waals surface area contributed by atoms with Gasteiger partial charge in [-0.2, -0.15) is 0 Å². The van der Waals surface area contributed by atoms with E-state index in [1.165, 1.54) is 7.11 Å². The van der Waals surface area contributed by atoms with Crippen molar-refractivity contribution in [3.63, 3.8) is 0 Å². The first-order valence-corrected chi connectivity index (χ1v) is 5.35. The molecule has 0 saturated carbocycles. The van der Waals surface area contributed by atoms with Crippen molar-refractivity contribution >= 4 is 5.97 Å². The zero-order chi connectivity index (χ0) is 12.3. The summed E-state index contributed by atoms with van der Waals surface area (Å²) in [5, 5.41) is 9.00. The summed E-state index contributed by atoms with van der Waals surface area (Å²) in [6.07, 6.45) is -0.0205. The number of ether oxygens (including phenoxy) is 3. The Kier molecular flexibility index (Phi) is 3.49. The molecule has 1 aliphatic heterocycles. The van der Waals surface area contributed by atoms with Gasteiger partial charge >= 0.3 is 5.97 Å². The Morgan fingerprint density at radius 3 is 2.88 bits per heavy atom. The van der Waals surface area contributed by atoms with Gasteiger partial charge in [-0.1, -0.05) is 6.07 Å². The van der Waals surface area contributed by atoms with Gasteiger partial charge in [0, 0.05) is 6.42 Å². The molecule has 92 valence electrons. The number of aliphatic hydroxyl groups excluding tert-OH is 1. The van der Waals surface area contributed by atoms with Crippen LogP contribution in [0, 0.1) is 0 Å². The van der Waals surface area contributed by atoms with Gasteiger partial charge in [-0.25, -0.2) is 4.79 Å². The Morgan fingerprint density at radius 1 is 1.47 bits per heavy atom. The number of hydrogen-bond donors (Lipinski definition) is 1. The molecule has 0 spiro atoms. The van der Waals surface area contributed by atoms with E-state index in [9.17, 15) is 4.79 Å². The van der Waals surface area contributed by atoms with E-state index >= 15 is 0 Å². The van der Waals surface area contributed by atoms with Gasteiger partial charge < -0.3 is 19.3 Å². The van der Waals surface area contributed by atoms with E-state index in [4.69, 9.17) is 19.3 Å². The van der Waals surface area contributed by atoms with E-state index in [2.05, 4.69) is 0 Å². The number of esters is 1. The Labute approximate surface area is 98.9 Å². The number of carbonyl (C=O) groups is 1. The van der Waals surface area contributed by atoms with Gasteiger partial charge in [0.15, 0.2) is 17.6 Å². The van der Waals surface area contributed by atoms with Gasteiger partial charge in [-0.15, -0.1) is 0 Å². The molecule has 1 aliphatic rings. The van der Waals surface area contributed by atoms with Crippen molar-refractivity contribution in [2.75, 3.05) is 13.7 Å². The molecule has 0 aromatic heterocycles. The fourth-order valence-electron chi connectivity index (χ4n) is 1.65. The number of hydrogen-bond acceptors (Lipinski definition) is 5. The molecule has 5 heteroatoms. The second kappa shape index (κ2) is 5.05. The number of carbonyl (C=O) groups excluding carboxylic acids is 1. The fraction of sp³-hybridized carbons (Fsp3) is 0.417. The third-order valence-electron chi connectivity index (χ3n) is 2.57. The summed E-state index contributed by atoms with van der Waals surface area (Å²) in [5.41, 5.74) is 0.725. The molecule has 1 heterocycles. The summed E-state index contributed by atoms with van der Waals surface area (Å²) in [4.78, 5) is 11.3. The highest BCUT2D eigenvalue weighted by Gasteiger charge is 2.29. The summed E-state index contributed by atoms with van der Waals surface area (Å²) in [7, 11) is 1.51.